The standard InChI is InChI=1S/C19H14N4O2/c1-22-10-15-17(18-21-13-7-3-5-9-16(13)25-18)20-11-23(15)14-8-4-2-6-12(14)19(22)24/h2-9,11H,10H2,1H3. The van der Waals surface area contributed by atoms with Gasteiger partial charge in [-0.1, -0.05) is 24.3 Å². The molecule has 0 aliphatic carbocycles. The lowest BCUT2D eigenvalue weighted by atomic mass is 10.1. The summed E-state index contributed by atoms with van der Waals surface area (Å²) < 4.78 is 7.82. The molecular weight excluding hydrogens is 316 g/mol. The van der Waals surface area contributed by atoms with Crippen LogP contribution < -0.4 is 0 Å². The fraction of sp³-hybridized carbons (Fsp3) is 0.105. The molecule has 0 bridgehead atoms. The number of benzene rings is 2. The molecule has 4 aromatic rings. The molecule has 2 aromatic heterocycles. The van der Waals surface area contributed by atoms with Gasteiger partial charge in [0, 0.05) is 7.05 Å². The number of carbonyl (C=O) groups excluding carboxylic acids is 1. The summed E-state index contributed by atoms with van der Waals surface area (Å²) in [6.45, 7) is 0.432. The van der Waals surface area contributed by atoms with Crippen LogP contribution in [0.4, 0.5) is 0 Å². The van der Waals surface area contributed by atoms with Crippen LogP contribution in [0, 0.1) is 0 Å². The minimum Gasteiger partial charge on any atom is -0.435 e. The predicted molar refractivity (Wildman–Crippen MR) is 92.4 cm³/mol. The Labute approximate surface area is 143 Å². The van der Waals surface area contributed by atoms with Crippen molar-refractivity contribution in [2.24, 2.45) is 0 Å². The molecule has 0 N–H and O–H groups in total. The van der Waals surface area contributed by atoms with Crippen molar-refractivity contribution in [2.45, 2.75) is 6.54 Å². The second-order valence-electron chi connectivity index (χ2n) is 6.07. The van der Waals surface area contributed by atoms with Gasteiger partial charge in [0.25, 0.3) is 5.91 Å². The van der Waals surface area contributed by atoms with Gasteiger partial charge < -0.3 is 9.32 Å². The summed E-state index contributed by atoms with van der Waals surface area (Å²) in [5.74, 6) is 0.456. The molecule has 1 amide bonds. The van der Waals surface area contributed by atoms with Gasteiger partial charge in [-0.25, -0.2) is 9.97 Å². The van der Waals surface area contributed by atoms with E-state index in [-0.39, 0.29) is 5.91 Å². The number of oxazole rings is 1. The van der Waals surface area contributed by atoms with Gasteiger partial charge in [0.15, 0.2) is 5.58 Å². The molecular formula is C19H14N4O2. The van der Waals surface area contributed by atoms with Gasteiger partial charge in [-0.3, -0.25) is 9.36 Å². The number of rotatable bonds is 1. The Morgan fingerprint density at radius 3 is 2.76 bits per heavy atom. The number of fused-ring (bicyclic) bond motifs is 4. The van der Waals surface area contributed by atoms with Crippen LogP contribution in [0.2, 0.25) is 0 Å². The summed E-state index contributed by atoms with van der Waals surface area (Å²) in [6, 6.07) is 15.2. The molecule has 1 aliphatic heterocycles. The summed E-state index contributed by atoms with van der Waals surface area (Å²) >= 11 is 0. The largest absolute Gasteiger partial charge is 0.435 e. The molecule has 5 rings (SSSR count). The Morgan fingerprint density at radius 1 is 1.08 bits per heavy atom. The average Bonchev–Trinajstić information content (AvgIpc) is 3.22. The third kappa shape index (κ3) is 2.00. The molecule has 6 nitrogen and oxygen atoms in total. The lowest BCUT2D eigenvalue weighted by molar-refractivity contribution is 0.0788. The molecule has 1 aliphatic rings. The van der Waals surface area contributed by atoms with Gasteiger partial charge >= 0.3 is 0 Å². The van der Waals surface area contributed by atoms with Crippen LogP contribution in [0.25, 0.3) is 28.4 Å². The summed E-state index contributed by atoms with van der Waals surface area (Å²) in [4.78, 5) is 23.4. The second kappa shape index (κ2) is 5.04. The van der Waals surface area contributed by atoms with Crippen LogP contribution in [0.15, 0.2) is 59.3 Å². The SMILES string of the molecule is CN1Cc2c(-c3nc4ccccc4o3)ncn2-c2ccccc2C1=O. The maximum Gasteiger partial charge on any atom is 0.256 e. The summed E-state index contributed by atoms with van der Waals surface area (Å²) in [5.41, 5.74) is 4.53. The zero-order valence-corrected chi connectivity index (χ0v) is 13.5. The van der Waals surface area contributed by atoms with Crippen molar-refractivity contribution in [3.63, 3.8) is 0 Å². The van der Waals surface area contributed by atoms with E-state index in [2.05, 4.69) is 9.97 Å². The molecule has 0 radical (unpaired) electrons. The van der Waals surface area contributed by atoms with Crippen molar-refractivity contribution in [2.75, 3.05) is 7.05 Å². The van der Waals surface area contributed by atoms with Crippen LogP contribution >= 0.6 is 0 Å². The van der Waals surface area contributed by atoms with Crippen LogP contribution in [-0.4, -0.2) is 32.4 Å². The molecule has 6 heteroatoms. The molecule has 0 atom stereocenters. The molecule has 0 saturated heterocycles. The van der Waals surface area contributed by atoms with Gasteiger partial charge in [-0.15, -0.1) is 0 Å². The van der Waals surface area contributed by atoms with Crippen molar-refractivity contribution in [1.82, 2.24) is 19.4 Å². The van der Waals surface area contributed by atoms with Crippen LogP contribution in [0.3, 0.4) is 0 Å². The monoisotopic (exact) mass is 330 g/mol. The van der Waals surface area contributed by atoms with Crippen molar-refractivity contribution in [3.05, 3.63) is 66.1 Å². The van der Waals surface area contributed by atoms with Crippen LogP contribution in [0.5, 0.6) is 0 Å². The van der Waals surface area contributed by atoms with Gasteiger partial charge in [-0.05, 0) is 24.3 Å². The molecule has 0 unspecified atom stereocenters. The van der Waals surface area contributed by atoms with E-state index in [9.17, 15) is 4.79 Å². The number of carbonyl (C=O) groups is 1. The minimum atomic E-state index is -0.0113. The van der Waals surface area contributed by atoms with Crippen molar-refractivity contribution >= 4 is 17.0 Å². The van der Waals surface area contributed by atoms with Crippen molar-refractivity contribution in [1.29, 1.82) is 0 Å². The summed E-state index contributed by atoms with van der Waals surface area (Å²) in [5, 5.41) is 0. The number of amides is 1. The van der Waals surface area contributed by atoms with Crippen molar-refractivity contribution in [3.8, 4) is 17.3 Å². The Kier molecular flexibility index (Phi) is 2.82. The lowest BCUT2D eigenvalue weighted by Gasteiger charge is -2.14. The summed E-state index contributed by atoms with van der Waals surface area (Å²) in [6.07, 6.45) is 1.73. The van der Waals surface area contributed by atoms with Gasteiger partial charge in [0.05, 0.1) is 23.5 Å². The van der Waals surface area contributed by atoms with Gasteiger partial charge in [0.1, 0.15) is 17.5 Å². The number of hydrogen-bond donors (Lipinski definition) is 0. The highest BCUT2D eigenvalue weighted by Gasteiger charge is 2.27. The molecule has 3 heterocycles. The van der Waals surface area contributed by atoms with Gasteiger partial charge in [-0.2, -0.15) is 0 Å². The fourth-order valence-electron chi connectivity index (χ4n) is 3.25. The zero-order valence-electron chi connectivity index (χ0n) is 13.5. The quantitative estimate of drug-likeness (QED) is 0.537. The third-order valence-electron chi connectivity index (χ3n) is 4.49. The Hall–Kier alpha value is -3.41. The molecule has 25 heavy (non-hydrogen) atoms. The topological polar surface area (TPSA) is 64.2 Å². The Morgan fingerprint density at radius 2 is 1.88 bits per heavy atom. The minimum absolute atomic E-state index is 0.0113. The first-order valence-corrected chi connectivity index (χ1v) is 7.99. The number of imidazole rings is 1. The van der Waals surface area contributed by atoms with E-state index < -0.39 is 0 Å². The van der Waals surface area contributed by atoms with Crippen LogP contribution in [-0.2, 0) is 6.54 Å². The van der Waals surface area contributed by atoms with E-state index in [1.54, 1.807) is 18.3 Å². The van der Waals surface area contributed by atoms with Gasteiger partial charge in [0.2, 0.25) is 5.89 Å². The number of aromatic nitrogens is 3. The zero-order chi connectivity index (χ0) is 17.0. The first-order valence-electron chi connectivity index (χ1n) is 7.99. The van der Waals surface area contributed by atoms with E-state index in [1.165, 1.54) is 0 Å². The maximum absolute atomic E-state index is 12.6. The van der Waals surface area contributed by atoms with E-state index in [1.807, 2.05) is 53.1 Å². The molecule has 0 spiro atoms. The first-order chi connectivity index (χ1) is 12.2. The molecule has 122 valence electrons. The lowest BCUT2D eigenvalue weighted by Crippen LogP contribution is -2.25. The smallest absolute Gasteiger partial charge is 0.256 e. The van der Waals surface area contributed by atoms with E-state index >= 15 is 0 Å². The predicted octanol–water partition coefficient (Wildman–Crippen LogP) is 3.27. The van der Waals surface area contributed by atoms with E-state index in [0.29, 0.717) is 23.7 Å². The Bertz CT molecular complexity index is 1090. The highest BCUT2D eigenvalue weighted by molar-refractivity contribution is 5.98. The highest BCUT2D eigenvalue weighted by Crippen LogP contribution is 2.31. The Balaban J connectivity index is 1.74. The first kappa shape index (κ1) is 14.0. The molecule has 2 aromatic carbocycles. The number of nitrogens with zero attached hydrogens (tertiary/aromatic N) is 4. The van der Waals surface area contributed by atoms with Crippen molar-refractivity contribution < 1.29 is 9.21 Å². The van der Waals surface area contributed by atoms with Crippen LogP contribution in [0.1, 0.15) is 16.1 Å². The average molecular weight is 330 g/mol. The second-order valence-corrected chi connectivity index (χ2v) is 6.07. The third-order valence-corrected chi connectivity index (χ3v) is 4.49. The number of para-hydroxylation sites is 3. The molecule has 0 saturated carbocycles. The number of hydrogen-bond acceptors (Lipinski definition) is 4. The fourth-order valence-corrected chi connectivity index (χ4v) is 3.25. The van der Waals surface area contributed by atoms with E-state index in [0.717, 1.165) is 22.5 Å². The normalized spacial score (nSPS) is 13.6. The van der Waals surface area contributed by atoms with E-state index in [4.69, 9.17) is 4.42 Å². The maximum atomic E-state index is 12.6. The molecule has 0 fully saturated rings. The highest BCUT2D eigenvalue weighted by atomic mass is 16.3. The summed E-state index contributed by atoms with van der Waals surface area (Å²) in [7, 11) is 1.79.